The van der Waals surface area contributed by atoms with Gasteiger partial charge in [0.05, 0.1) is 0 Å². The molecular weight excluding hydrogens is 404 g/mol. The molecule has 5 nitrogen and oxygen atoms in total. The number of hydrogen-bond acceptors (Lipinski definition) is 5. The SMILES string of the molecule is Cc1cccc(Oc2ccc(OC(=O)Oc3ccc(Oc4cccc(C)c4)cc3)cc2)c1. The summed E-state index contributed by atoms with van der Waals surface area (Å²) >= 11 is 0. The van der Waals surface area contributed by atoms with Crippen LogP contribution in [0.4, 0.5) is 4.79 Å². The van der Waals surface area contributed by atoms with Gasteiger partial charge in [-0.25, -0.2) is 4.79 Å². The Balaban J connectivity index is 1.30. The standard InChI is InChI=1S/C27H22O5/c1-19-5-3-7-25(17-19)29-21-9-13-23(14-10-21)31-27(28)32-24-15-11-22(12-16-24)30-26-8-4-6-20(2)18-26/h3-18H,1-2H3. The summed E-state index contributed by atoms with van der Waals surface area (Å²) in [4.78, 5) is 12.1. The molecule has 0 radical (unpaired) electrons. The van der Waals surface area contributed by atoms with E-state index in [1.807, 2.05) is 62.4 Å². The molecule has 0 aromatic heterocycles. The molecule has 5 heteroatoms. The van der Waals surface area contributed by atoms with Crippen LogP contribution in [0.25, 0.3) is 0 Å². The second kappa shape index (κ2) is 9.71. The van der Waals surface area contributed by atoms with Gasteiger partial charge < -0.3 is 18.9 Å². The Bertz CT molecular complexity index is 1100. The largest absolute Gasteiger partial charge is 0.519 e. The van der Waals surface area contributed by atoms with Crippen LogP contribution in [-0.4, -0.2) is 6.16 Å². The third kappa shape index (κ3) is 5.89. The van der Waals surface area contributed by atoms with Crippen LogP contribution in [0.15, 0.2) is 97.1 Å². The predicted octanol–water partition coefficient (Wildman–Crippen LogP) is 7.47. The Kier molecular flexibility index (Phi) is 6.37. The maximum Gasteiger partial charge on any atom is 0.519 e. The first-order valence-electron chi connectivity index (χ1n) is 10.1. The molecule has 0 aliphatic carbocycles. The van der Waals surface area contributed by atoms with Crippen molar-refractivity contribution in [2.75, 3.05) is 0 Å². The fraction of sp³-hybridized carbons (Fsp3) is 0.0741. The first kappa shape index (κ1) is 21.0. The number of benzene rings is 4. The fourth-order valence-corrected chi connectivity index (χ4v) is 2.99. The van der Waals surface area contributed by atoms with Gasteiger partial charge in [-0.2, -0.15) is 0 Å². The summed E-state index contributed by atoms with van der Waals surface area (Å²) in [6.07, 6.45) is -0.829. The minimum absolute atomic E-state index is 0.353. The number of carbonyl (C=O) groups excluding carboxylic acids is 1. The average Bonchev–Trinajstić information content (AvgIpc) is 2.77. The smallest absolute Gasteiger partial charge is 0.457 e. The number of hydrogen-bond donors (Lipinski definition) is 0. The molecule has 0 bridgehead atoms. The van der Waals surface area contributed by atoms with Crippen molar-refractivity contribution in [2.45, 2.75) is 13.8 Å². The van der Waals surface area contributed by atoms with Gasteiger partial charge in [-0.05, 0) is 97.8 Å². The predicted molar refractivity (Wildman–Crippen MR) is 122 cm³/mol. The molecule has 0 heterocycles. The molecule has 0 aliphatic heterocycles. The molecule has 4 aromatic rings. The molecular formula is C27H22O5. The van der Waals surface area contributed by atoms with Gasteiger partial charge in [0, 0.05) is 0 Å². The van der Waals surface area contributed by atoms with Crippen molar-refractivity contribution in [1.29, 1.82) is 0 Å². The average molecular weight is 426 g/mol. The molecule has 32 heavy (non-hydrogen) atoms. The van der Waals surface area contributed by atoms with Crippen molar-refractivity contribution in [3.8, 4) is 34.5 Å². The lowest BCUT2D eigenvalue weighted by Crippen LogP contribution is -2.13. The molecule has 0 atom stereocenters. The van der Waals surface area contributed by atoms with Gasteiger partial charge in [0.2, 0.25) is 0 Å². The lowest BCUT2D eigenvalue weighted by atomic mass is 10.2. The van der Waals surface area contributed by atoms with Crippen molar-refractivity contribution in [1.82, 2.24) is 0 Å². The van der Waals surface area contributed by atoms with Crippen LogP contribution in [0.3, 0.4) is 0 Å². The van der Waals surface area contributed by atoms with E-state index in [9.17, 15) is 4.79 Å². The molecule has 0 N–H and O–H groups in total. The number of rotatable bonds is 6. The van der Waals surface area contributed by atoms with E-state index < -0.39 is 6.16 Å². The van der Waals surface area contributed by atoms with E-state index in [1.54, 1.807) is 48.5 Å². The number of aryl methyl sites for hydroxylation is 2. The Morgan fingerprint density at radius 2 is 0.875 bits per heavy atom. The van der Waals surface area contributed by atoms with Crippen molar-refractivity contribution in [3.63, 3.8) is 0 Å². The summed E-state index contributed by atoms with van der Waals surface area (Å²) in [5, 5.41) is 0. The minimum atomic E-state index is -0.829. The number of ether oxygens (including phenoxy) is 4. The van der Waals surface area contributed by atoms with E-state index in [1.165, 1.54) is 0 Å². The van der Waals surface area contributed by atoms with E-state index >= 15 is 0 Å². The zero-order valence-electron chi connectivity index (χ0n) is 17.8. The van der Waals surface area contributed by atoms with Gasteiger partial charge in [0.15, 0.2) is 0 Å². The quantitative estimate of drug-likeness (QED) is 0.236. The summed E-state index contributed by atoms with van der Waals surface area (Å²) in [5.41, 5.74) is 2.22. The van der Waals surface area contributed by atoms with E-state index in [0.29, 0.717) is 23.0 Å². The van der Waals surface area contributed by atoms with Gasteiger partial charge in [-0.15, -0.1) is 0 Å². The van der Waals surface area contributed by atoms with Crippen LogP contribution in [-0.2, 0) is 0 Å². The maximum absolute atomic E-state index is 12.1. The monoisotopic (exact) mass is 426 g/mol. The first-order valence-corrected chi connectivity index (χ1v) is 10.1. The normalized spacial score (nSPS) is 10.3. The molecule has 4 aromatic carbocycles. The molecule has 160 valence electrons. The molecule has 0 saturated carbocycles. The van der Waals surface area contributed by atoms with Crippen molar-refractivity contribution in [3.05, 3.63) is 108 Å². The van der Waals surface area contributed by atoms with Crippen molar-refractivity contribution in [2.24, 2.45) is 0 Å². The van der Waals surface area contributed by atoms with Crippen LogP contribution in [0.5, 0.6) is 34.5 Å². The number of carbonyl (C=O) groups is 1. The van der Waals surface area contributed by atoms with E-state index in [-0.39, 0.29) is 0 Å². The van der Waals surface area contributed by atoms with Gasteiger partial charge in [-0.3, -0.25) is 0 Å². The summed E-state index contributed by atoms with van der Waals surface area (Å²) in [6, 6.07) is 29.0. The van der Waals surface area contributed by atoms with E-state index in [4.69, 9.17) is 18.9 Å². The highest BCUT2D eigenvalue weighted by Crippen LogP contribution is 2.26. The molecule has 0 spiro atoms. The van der Waals surface area contributed by atoms with E-state index in [2.05, 4.69) is 0 Å². The molecule has 0 saturated heterocycles. The third-order valence-electron chi connectivity index (χ3n) is 4.50. The lowest BCUT2D eigenvalue weighted by Gasteiger charge is -2.09. The Morgan fingerprint density at radius 3 is 1.25 bits per heavy atom. The first-order chi connectivity index (χ1) is 15.5. The van der Waals surface area contributed by atoms with Crippen molar-refractivity contribution >= 4 is 6.16 Å². The van der Waals surface area contributed by atoms with Crippen LogP contribution < -0.4 is 18.9 Å². The van der Waals surface area contributed by atoms with Gasteiger partial charge in [-0.1, -0.05) is 24.3 Å². The Labute approximate surface area is 186 Å². The third-order valence-corrected chi connectivity index (χ3v) is 4.50. The zero-order valence-corrected chi connectivity index (χ0v) is 17.8. The fourth-order valence-electron chi connectivity index (χ4n) is 2.99. The molecule has 0 unspecified atom stereocenters. The van der Waals surface area contributed by atoms with Crippen LogP contribution in [0.1, 0.15) is 11.1 Å². The molecule has 0 amide bonds. The lowest BCUT2D eigenvalue weighted by molar-refractivity contribution is 0.152. The second-order valence-electron chi connectivity index (χ2n) is 7.23. The van der Waals surface area contributed by atoms with Gasteiger partial charge in [0.1, 0.15) is 34.5 Å². The molecule has 4 rings (SSSR count). The highest BCUT2D eigenvalue weighted by molar-refractivity contribution is 5.67. The van der Waals surface area contributed by atoms with Crippen LogP contribution in [0, 0.1) is 13.8 Å². The summed E-state index contributed by atoms with van der Waals surface area (Å²) < 4.78 is 22.1. The summed E-state index contributed by atoms with van der Waals surface area (Å²) in [5.74, 6) is 3.47. The Morgan fingerprint density at radius 1 is 0.500 bits per heavy atom. The van der Waals surface area contributed by atoms with Crippen LogP contribution >= 0.6 is 0 Å². The van der Waals surface area contributed by atoms with Gasteiger partial charge >= 0.3 is 6.16 Å². The highest BCUT2D eigenvalue weighted by Gasteiger charge is 2.09. The molecule has 0 aliphatic rings. The zero-order chi connectivity index (χ0) is 22.3. The highest BCUT2D eigenvalue weighted by atomic mass is 16.7. The summed E-state index contributed by atoms with van der Waals surface area (Å²) in [6.45, 7) is 4.00. The van der Waals surface area contributed by atoms with Crippen LogP contribution in [0.2, 0.25) is 0 Å². The Hall–Kier alpha value is -4.25. The second-order valence-corrected chi connectivity index (χ2v) is 7.23. The van der Waals surface area contributed by atoms with E-state index in [0.717, 1.165) is 22.6 Å². The van der Waals surface area contributed by atoms with Crippen molar-refractivity contribution < 1.29 is 23.7 Å². The van der Waals surface area contributed by atoms with Gasteiger partial charge in [0.25, 0.3) is 0 Å². The molecule has 0 fully saturated rings. The summed E-state index contributed by atoms with van der Waals surface area (Å²) in [7, 11) is 0. The minimum Gasteiger partial charge on any atom is -0.457 e. The topological polar surface area (TPSA) is 54.0 Å². The maximum atomic E-state index is 12.1.